The van der Waals surface area contributed by atoms with Crippen molar-refractivity contribution in [2.24, 2.45) is 0 Å². The van der Waals surface area contributed by atoms with E-state index in [9.17, 15) is 4.79 Å². The number of para-hydroxylation sites is 1. The lowest BCUT2D eigenvalue weighted by atomic mass is 10.1. The summed E-state index contributed by atoms with van der Waals surface area (Å²) in [5.41, 5.74) is 2.30. The second-order valence-electron chi connectivity index (χ2n) is 5.33. The first kappa shape index (κ1) is 12.6. The zero-order valence-electron chi connectivity index (χ0n) is 11.3. The average Bonchev–Trinajstić information content (AvgIpc) is 2.88. The molecule has 2 aliphatic heterocycles. The highest BCUT2D eigenvalue weighted by Gasteiger charge is 2.22. The van der Waals surface area contributed by atoms with E-state index < -0.39 is 0 Å². The monoisotopic (exact) mass is 259 g/mol. The lowest BCUT2D eigenvalue weighted by Gasteiger charge is -2.25. The third kappa shape index (κ3) is 2.80. The predicted octanol–water partition coefficient (Wildman–Crippen LogP) is 1.22. The van der Waals surface area contributed by atoms with Gasteiger partial charge in [0, 0.05) is 25.3 Å². The largest absolute Gasteiger partial charge is 0.310 e. The van der Waals surface area contributed by atoms with E-state index in [4.69, 9.17) is 0 Å². The average molecular weight is 259 g/mol. The second-order valence-corrected chi connectivity index (χ2v) is 5.33. The molecule has 1 N–H and O–H groups in total. The molecule has 2 aliphatic rings. The number of carbonyl (C=O) groups excluding carboxylic acids is 1. The number of fused-ring (bicyclic) bond motifs is 1. The van der Waals surface area contributed by atoms with Crippen molar-refractivity contribution in [2.45, 2.75) is 19.4 Å². The Morgan fingerprint density at radius 1 is 1.05 bits per heavy atom. The highest BCUT2D eigenvalue weighted by Crippen LogP contribution is 2.22. The number of likely N-dealkylation sites (tertiary alicyclic amines) is 1. The van der Waals surface area contributed by atoms with E-state index in [1.807, 2.05) is 17.0 Å². The fraction of sp³-hybridized carbons (Fsp3) is 0.533. The van der Waals surface area contributed by atoms with Gasteiger partial charge in [0.2, 0.25) is 5.91 Å². The lowest BCUT2D eigenvalue weighted by molar-refractivity contribution is -0.117. The van der Waals surface area contributed by atoms with Crippen molar-refractivity contribution in [3.63, 3.8) is 0 Å². The molecule has 1 fully saturated rings. The molecule has 1 saturated heterocycles. The molecule has 1 aromatic carbocycles. The van der Waals surface area contributed by atoms with Gasteiger partial charge in [0.15, 0.2) is 0 Å². The number of hydrogen-bond donors (Lipinski definition) is 1. The summed E-state index contributed by atoms with van der Waals surface area (Å²) in [6.45, 7) is 5.37. The number of rotatable bonds is 3. The van der Waals surface area contributed by atoms with E-state index in [-0.39, 0.29) is 5.91 Å². The van der Waals surface area contributed by atoms with Crippen LogP contribution in [0, 0.1) is 0 Å². The SMILES string of the molecule is O=C1CNCc2ccccc2N1CCN1CCCC1. The molecule has 0 aliphatic carbocycles. The van der Waals surface area contributed by atoms with Gasteiger partial charge >= 0.3 is 0 Å². The quantitative estimate of drug-likeness (QED) is 0.886. The van der Waals surface area contributed by atoms with Crippen molar-refractivity contribution in [1.29, 1.82) is 0 Å². The summed E-state index contributed by atoms with van der Waals surface area (Å²) in [6, 6.07) is 8.21. The van der Waals surface area contributed by atoms with Crippen molar-refractivity contribution in [2.75, 3.05) is 37.6 Å². The summed E-state index contributed by atoms with van der Waals surface area (Å²) in [6.07, 6.45) is 2.60. The first-order chi connectivity index (χ1) is 9.34. The van der Waals surface area contributed by atoms with Crippen molar-refractivity contribution < 1.29 is 4.79 Å². The Balaban J connectivity index is 1.75. The molecule has 4 heteroatoms. The third-order valence-electron chi connectivity index (χ3n) is 4.01. The minimum atomic E-state index is 0.184. The standard InChI is InChI=1S/C15H21N3O/c19-15-12-16-11-13-5-1-2-6-14(13)18(15)10-9-17-7-3-4-8-17/h1-2,5-6,16H,3-4,7-12H2. The summed E-state index contributed by atoms with van der Waals surface area (Å²) >= 11 is 0. The van der Waals surface area contributed by atoms with Gasteiger partial charge in [0.1, 0.15) is 0 Å². The molecule has 0 unspecified atom stereocenters. The molecule has 0 atom stereocenters. The Kier molecular flexibility index (Phi) is 3.80. The molecule has 0 bridgehead atoms. The van der Waals surface area contributed by atoms with Crippen molar-refractivity contribution in [3.05, 3.63) is 29.8 Å². The van der Waals surface area contributed by atoms with Gasteiger partial charge in [0.25, 0.3) is 0 Å². The van der Waals surface area contributed by atoms with Crippen molar-refractivity contribution in [3.8, 4) is 0 Å². The summed E-state index contributed by atoms with van der Waals surface area (Å²) in [7, 11) is 0. The van der Waals surface area contributed by atoms with Gasteiger partial charge in [-0.2, -0.15) is 0 Å². The summed E-state index contributed by atoms with van der Waals surface area (Å²) in [5.74, 6) is 0.184. The van der Waals surface area contributed by atoms with Gasteiger partial charge in [-0.15, -0.1) is 0 Å². The number of benzene rings is 1. The topological polar surface area (TPSA) is 35.6 Å². The number of anilines is 1. The van der Waals surface area contributed by atoms with Crippen LogP contribution in [-0.4, -0.2) is 43.5 Å². The number of nitrogens with one attached hydrogen (secondary N) is 1. The van der Waals surface area contributed by atoms with Crippen molar-refractivity contribution in [1.82, 2.24) is 10.2 Å². The van der Waals surface area contributed by atoms with E-state index in [0.29, 0.717) is 6.54 Å². The fourth-order valence-electron chi connectivity index (χ4n) is 2.95. The number of hydrogen-bond acceptors (Lipinski definition) is 3. The zero-order valence-corrected chi connectivity index (χ0v) is 11.3. The first-order valence-corrected chi connectivity index (χ1v) is 7.16. The second kappa shape index (κ2) is 5.72. The molecule has 19 heavy (non-hydrogen) atoms. The van der Waals surface area contributed by atoms with E-state index in [1.165, 1.54) is 31.5 Å². The molecular formula is C15H21N3O. The van der Waals surface area contributed by atoms with E-state index in [1.54, 1.807) is 0 Å². The predicted molar refractivity (Wildman–Crippen MR) is 76.2 cm³/mol. The van der Waals surface area contributed by atoms with E-state index >= 15 is 0 Å². The molecule has 3 rings (SSSR count). The Morgan fingerprint density at radius 3 is 2.68 bits per heavy atom. The Hall–Kier alpha value is -1.39. The van der Waals surface area contributed by atoms with Crippen LogP contribution >= 0.6 is 0 Å². The van der Waals surface area contributed by atoms with Crippen molar-refractivity contribution >= 4 is 11.6 Å². The molecule has 0 spiro atoms. The van der Waals surface area contributed by atoms with Crippen LogP contribution in [-0.2, 0) is 11.3 Å². The van der Waals surface area contributed by atoms with Gasteiger partial charge in [-0.05, 0) is 37.6 Å². The minimum absolute atomic E-state index is 0.184. The van der Waals surface area contributed by atoms with Crippen LogP contribution in [0.4, 0.5) is 5.69 Å². The normalized spacial score (nSPS) is 20.4. The van der Waals surface area contributed by atoms with Gasteiger partial charge < -0.3 is 15.1 Å². The Bertz CT molecular complexity index is 454. The zero-order chi connectivity index (χ0) is 13.1. The summed E-state index contributed by atoms with van der Waals surface area (Å²) in [4.78, 5) is 16.6. The minimum Gasteiger partial charge on any atom is -0.310 e. The van der Waals surface area contributed by atoms with Gasteiger partial charge in [-0.25, -0.2) is 0 Å². The van der Waals surface area contributed by atoms with Gasteiger partial charge in [-0.1, -0.05) is 18.2 Å². The highest BCUT2D eigenvalue weighted by atomic mass is 16.2. The van der Waals surface area contributed by atoms with Crippen LogP contribution in [0.1, 0.15) is 18.4 Å². The Labute approximate surface area is 114 Å². The molecule has 4 nitrogen and oxygen atoms in total. The fourth-order valence-corrected chi connectivity index (χ4v) is 2.95. The van der Waals surface area contributed by atoms with Crippen LogP contribution in [0.3, 0.4) is 0 Å². The molecule has 102 valence electrons. The maximum atomic E-state index is 12.2. The molecule has 0 aromatic heterocycles. The van der Waals surface area contributed by atoms with E-state index in [0.717, 1.165) is 25.3 Å². The lowest BCUT2D eigenvalue weighted by Crippen LogP contribution is -2.40. The molecule has 1 amide bonds. The van der Waals surface area contributed by atoms with Crippen LogP contribution in [0.2, 0.25) is 0 Å². The molecule has 0 radical (unpaired) electrons. The summed E-state index contributed by atoms with van der Waals surface area (Å²) < 4.78 is 0. The van der Waals surface area contributed by atoms with E-state index in [2.05, 4.69) is 22.3 Å². The highest BCUT2D eigenvalue weighted by molar-refractivity contribution is 5.96. The third-order valence-corrected chi connectivity index (χ3v) is 4.01. The maximum Gasteiger partial charge on any atom is 0.240 e. The molecule has 2 heterocycles. The number of nitrogens with zero attached hydrogens (tertiary/aromatic N) is 2. The summed E-state index contributed by atoms with van der Waals surface area (Å²) in [5, 5.41) is 3.21. The maximum absolute atomic E-state index is 12.2. The molecular weight excluding hydrogens is 238 g/mol. The van der Waals surface area contributed by atoms with Crippen LogP contribution in [0.5, 0.6) is 0 Å². The molecule has 1 aromatic rings. The number of amides is 1. The van der Waals surface area contributed by atoms with Gasteiger partial charge in [0.05, 0.1) is 6.54 Å². The Morgan fingerprint density at radius 2 is 1.84 bits per heavy atom. The van der Waals surface area contributed by atoms with Gasteiger partial charge in [-0.3, -0.25) is 4.79 Å². The van der Waals surface area contributed by atoms with Crippen LogP contribution in [0.25, 0.3) is 0 Å². The first-order valence-electron chi connectivity index (χ1n) is 7.16. The van der Waals surface area contributed by atoms with Crippen LogP contribution < -0.4 is 10.2 Å². The van der Waals surface area contributed by atoms with Crippen LogP contribution in [0.15, 0.2) is 24.3 Å². The smallest absolute Gasteiger partial charge is 0.240 e. The molecule has 0 saturated carbocycles. The number of carbonyl (C=O) groups is 1.